The maximum Gasteiger partial charge on any atom is 0.0999 e. The third kappa shape index (κ3) is 3.99. The summed E-state index contributed by atoms with van der Waals surface area (Å²) in [5.74, 6) is 1.82. The fraction of sp³-hybridized carbons (Fsp3) is 0.812. The monoisotopic (exact) mass is 314 g/mol. The average molecular weight is 315 g/mol. The third-order valence-electron chi connectivity index (χ3n) is 4.83. The molecule has 0 spiro atoms. The number of aromatic nitrogens is 2. The Labute approximate surface area is 132 Å². The van der Waals surface area contributed by atoms with Crippen LogP contribution < -0.4 is 0 Å². The molecule has 0 aliphatic heterocycles. The van der Waals surface area contributed by atoms with Gasteiger partial charge in [-0.25, -0.2) is 0 Å². The van der Waals surface area contributed by atoms with Crippen LogP contribution >= 0.6 is 11.6 Å². The van der Waals surface area contributed by atoms with Gasteiger partial charge in [-0.2, -0.15) is 5.10 Å². The molecule has 1 atom stereocenters. The Kier molecular flexibility index (Phi) is 6.08. The normalized spacial score (nSPS) is 24.5. The van der Waals surface area contributed by atoms with Gasteiger partial charge in [0, 0.05) is 7.11 Å². The number of ether oxygens (including phenoxy) is 1. The van der Waals surface area contributed by atoms with E-state index in [1.165, 1.54) is 12.8 Å². The van der Waals surface area contributed by atoms with E-state index in [-0.39, 0.29) is 5.92 Å². The number of halogens is 1. The van der Waals surface area contributed by atoms with Gasteiger partial charge < -0.3 is 9.84 Å². The molecule has 0 radical (unpaired) electrons. The molecular weight excluding hydrogens is 288 g/mol. The standard InChI is InChI=1S/C16H27ClN2O2/c1-11(2)12-4-6-13(7-5-12)16(20)15-14(17)10-18-19(15)8-9-21-3/h10-13,16,20H,4-9H2,1-3H3. The van der Waals surface area contributed by atoms with Crippen LogP contribution in [0.1, 0.15) is 51.3 Å². The second-order valence-electron chi connectivity index (χ2n) is 6.46. The quantitative estimate of drug-likeness (QED) is 0.871. The first-order valence-corrected chi connectivity index (χ1v) is 8.30. The largest absolute Gasteiger partial charge is 0.386 e. The highest BCUT2D eigenvalue weighted by molar-refractivity contribution is 6.31. The molecule has 2 rings (SSSR count). The second-order valence-corrected chi connectivity index (χ2v) is 6.86. The number of hydrogen-bond acceptors (Lipinski definition) is 3. The molecular formula is C16H27ClN2O2. The minimum atomic E-state index is -0.523. The van der Waals surface area contributed by atoms with Crippen LogP contribution in [-0.2, 0) is 11.3 Å². The van der Waals surface area contributed by atoms with Crippen LogP contribution in [0.3, 0.4) is 0 Å². The molecule has 0 bridgehead atoms. The fourth-order valence-electron chi connectivity index (χ4n) is 3.37. The molecule has 1 aromatic heterocycles. The van der Waals surface area contributed by atoms with Crippen molar-refractivity contribution in [3.63, 3.8) is 0 Å². The van der Waals surface area contributed by atoms with E-state index >= 15 is 0 Å². The van der Waals surface area contributed by atoms with Crippen molar-refractivity contribution >= 4 is 11.6 Å². The lowest BCUT2D eigenvalue weighted by Gasteiger charge is -2.33. The van der Waals surface area contributed by atoms with Crippen LogP contribution in [0.25, 0.3) is 0 Å². The van der Waals surface area contributed by atoms with Gasteiger partial charge in [-0.1, -0.05) is 25.4 Å². The summed E-state index contributed by atoms with van der Waals surface area (Å²) >= 11 is 6.23. The van der Waals surface area contributed by atoms with Crippen LogP contribution in [0, 0.1) is 17.8 Å². The van der Waals surface area contributed by atoms with Crippen molar-refractivity contribution in [3.8, 4) is 0 Å². The molecule has 1 heterocycles. The lowest BCUT2D eigenvalue weighted by Crippen LogP contribution is -2.25. The van der Waals surface area contributed by atoms with Gasteiger partial charge in [0.1, 0.15) is 0 Å². The number of methoxy groups -OCH3 is 1. The summed E-state index contributed by atoms with van der Waals surface area (Å²) in [6, 6.07) is 0. The van der Waals surface area contributed by atoms with E-state index in [1.807, 2.05) is 0 Å². The molecule has 1 aliphatic rings. The molecule has 1 saturated carbocycles. The number of nitrogens with zero attached hydrogens (tertiary/aromatic N) is 2. The maximum absolute atomic E-state index is 10.7. The fourth-order valence-corrected chi connectivity index (χ4v) is 3.63. The summed E-state index contributed by atoms with van der Waals surface area (Å²) in [7, 11) is 1.66. The molecule has 1 fully saturated rings. The Morgan fingerprint density at radius 2 is 1.95 bits per heavy atom. The van der Waals surface area contributed by atoms with Crippen molar-refractivity contribution in [2.24, 2.45) is 17.8 Å². The van der Waals surface area contributed by atoms with Crippen LogP contribution in [0.15, 0.2) is 6.20 Å². The summed E-state index contributed by atoms with van der Waals surface area (Å²) in [5.41, 5.74) is 0.752. The smallest absolute Gasteiger partial charge is 0.0999 e. The summed E-state index contributed by atoms with van der Waals surface area (Å²) in [6.07, 6.45) is 5.62. The van der Waals surface area contributed by atoms with E-state index in [9.17, 15) is 5.11 Å². The third-order valence-corrected chi connectivity index (χ3v) is 5.12. The van der Waals surface area contributed by atoms with Crippen molar-refractivity contribution in [2.75, 3.05) is 13.7 Å². The molecule has 4 nitrogen and oxygen atoms in total. The van der Waals surface area contributed by atoms with Crippen LogP contribution in [-0.4, -0.2) is 28.6 Å². The zero-order chi connectivity index (χ0) is 15.4. The average Bonchev–Trinajstić information content (AvgIpc) is 2.85. The minimum absolute atomic E-state index is 0.287. The molecule has 5 heteroatoms. The van der Waals surface area contributed by atoms with Crippen LogP contribution in [0.5, 0.6) is 0 Å². The molecule has 1 aromatic rings. The topological polar surface area (TPSA) is 47.3 Å². The first kappa shape index (κ1) is 16.8. The van der Waals surface area contributed by atoms with E-state index in [0.717, 1.165) is 30.4 Å². The first-order chi connectivity index (χ1) is 10.0. The maximum atomic E-state index is 10.7. The lowest BCUT2D eigenvalue weighted by molar-refractivity contribution is 0.0586. The predicted octanol–water partition coefficient (Wildman–Crippen LogP) is 3.68. The summed E-state index contributed by atoms with van der Waals surface area (Å²) in [4.78, 5) is 0. The molecule has 21 heavy (non-hydrogen) atoms. The van der Waals surface area contributed by atoms with Gasteiger partial charge in [0.15, 0.2) is 0 Å². The van der Waals surface area contributed by atoms with Crippen molar-refractivity contribution in [3.05, 3.63) is 16.9 Å². The number of aliphatic hydroxyl groups is 1. The first-order valence-electron chi connectivity index (χ1n) is 7.92. The van der Waals surface area contributed by atoms with Crippen LogP contribution in [0.4, 0.5) is 0 Å². The Morgan fingerprint density at radius 3 is 2.52 bits per heavy atom. The van der Waals surface area contributed by atoms with Gasteiger partial charge in [-0.15, -0.1) is 0 Å². The zero-order valence-electron chi connectivity index (χ0n) is 13.3. The highest BCUT2D eigenvalue weighted by Gasteiger charge is 2.31. The van der Waals surface area contributed by atoms with E-state index in [1.54, 1.807) is 18.0 Å². The highest BCUT2D eigenvalue weighted by atomic mass is 35.5. The number of rotatable bonds is 6. The van der Waals surface area contributed by atoms with Crippen molar-refractivity contribution < 1.29 is 9.84 Å². The highest BCUT2D eigenvalue weighted by Crippen LogP contribution is 2.40. The molecule has 1 N–H and O–H groups in total. The van der Waals surface area contributed by atoms with E-state index < -0.39 is 6.10 Å². The Hall–Kier alpha value is -0.580. The van der Waals surface area contributed by atoms with Crippen molar-refractivity contribution in [1.82, 2.24) is 9.78 Å². The van der Waals surface area contributed by atoms with Gasteiger partial charge in [0.2, 0.25) is 0 Å². The lowest BCUT2D eigenvalue weighted by atomic mass is 9.75. The minimum Gasteiger partial charge on any atom is -0.386 e. The number of hydrogen-bond donors (Lipinski definition) is 1. The van der Waals surface area contributed by atoms with Gasteiger partial charge in [-0.05, 0) is 43.4 Å². The second kappa shape index (κ2) is 7.61. The zero-order valence-corrected chi connectivity index (χ0v) is 14.0. The Bertz CT molecular complexity index is 439. The molecule has 0 saturated heterocycles. The van der Waals surface area contributed by atoms with Gasteiger partial charge in [-0.3, -0.25) is 4.68 Å². The summed E-state index contributed by atoms with van der Waals surface area (Å²) < 4.78 is 6.87. The SMILES string of the molecule is COCCn1ncc(Cl)c1C(O)C1CCC(C(C)C)CC1. The van der Waals surface area contributed by atoms with Gasteiger partial charge >= 0.3 is 0 Å². The summed E-state index contributed by atoms with van der Waals surface area (Å²) in [6.45, 7) is 5.77. The Balaban J connectivity index is 2.03. The van der Waals surface area contributed by atoms with Gasteiger partial charge in [0.05, 0.1) is 36.2 Å². The molecule has 120 valence electrons. The van der Waals surface area contributed by atoms with Crippen molar-refractivity contribution in [1.29, 1.82) is 0 Å². The van der Waals surface area contributed by atoms with E-state index in [4.69, 9.17) is 16.3 Å². The van der Waals surface area contributed by atoms with Crippen molar-refractivity contribution in [2.45, 2.75) is 52.2 Å². The molecule has 1 unspecified atom stereocenters. The van der Waals surface area contributed by atoms with E-state index in [0.29, 0.717) is 18.2 Å². The predicted molar refractivity (Wildman–Crippen MR) is 84.4 cm³/mol. The molecule has 0 amide bonds. The van der Waals surface area contributed by atoms with Gasteiger partial charge in [0.25, 0.3) is 0 Å². The number of aliphatic hydroxyl groups excluding tert-OH is 1. The molecule has 1 aliphatic carbocycles. The summed E-state index contributed by atoms with van der Waals surface area (Å²) in [5, 5.41) is 15.6. The molecule has 0 aromatic carbocycles. The van der Waals surface area contributed by atoms with E-state index in [2.05, 4.69) is 18.9 Å². The van der Waals surface area contributed by atoms with Crippen LogP contribution in [0.2, 0.25) is 5.02 Å². The Morgan fingerprint density at radius 1 is 1.33 bits per heavy atom.